The summed E-state index contributed by atoms with van der Waals surface area (Å²) in [4.78, 5) is -0.167. The van der Waals surface area contributed by atoms with Crippen molar-refractivity contribution in [2.45, 2.75) is 31.2 Å². The van der Waals surface area contributed by atoms with Crippen molar-refractivity contribution in [3.8, 4) is 5.75 Å². The second kappa shape index (κ2) is 9.45. The summed E-state index contributed by atoms with van der Waals surface area (Å²) in [5.41, 5.74) is 1.25. The number of morpholine rings is 1. The fourth-order valence-corrected chi connectivity index (χ4v) is 5.41. The Bertz CT molecular complexity index is 1170. The molecule has 1 fully saturated rings. The summed E-state index contributed by atoms with van der Waals surface area (Å²) in [6.07, 6.45) is 2.44. The number of nitrogens with one attached hydrogen (secondary N) is 2. The van der Waals surface area contributed by atoms with Crippen molar-refractivity contribution in [3.63, 3.8) is 0 Å². The molecule has 3 N–H and O–H groups in total. The molecule has 172 valence electrons. The van der Waals surface area contributed by atoms with Crippen LogP contribution in [0.5, 0.6) is 5.75 Å². The number of furan rings is 1. The van der Waals surface area contributed by atoms with Gasteiger partial charge in [0.1, 0.15) is 10.7 Å². The number of ether oxygens (including phenoxy) is 1. The first-order valence-electron chi connectivity index (χ1n) is 10.2. The number of aromatic hydroxyl groups is 1. The van der Waals surface area contributed by atoms with Crippen molar-refractivity contribution in [1.29, 1.82) is 0 Å². The van der Waals surface area contributed by atoms with Crippen molar-refractivity contribution < 1.29 is 22.7 Å². The Hall–Kier alpha value is -2.67. The topological polar surface area (TPSA) is 130 Å². The van der Waals surface area contributed by atoms with Gasteiger partial charge in [-0.15, -0.1) is 0 Å². The highest BCUT2D eigenvalue weighted by Crippen LogP contribution is 2.36. The molecule has 0 bridgehead atoms. The number of phenols is 1. The molecule has 2 aromatic heterocycles. The van der Waals surface area contributed by atoms with E-state index < -0.39 is 10.0 Å². The van der Waals surface area contributed by atoms with E-state index in [-0.39, 0.29) is 35.5 Å². The van der Waals surface area contributed by atoms with E-state index in [0.717, 1.165) is 29.5 Å². The molecule has 1 aliphatic rings. The molecule has 0 spiro atoms. The van der Waals surface area contributed by atoms with Gasteiger partial charge in [0, 0.05) is 13.1 Å². The number of aromatic nitrogens is 2. The molecule has 3 aromatic rings. The lowest BCUT2D eigenvalue weighted by Gasteiger charge is -2.26. The molecular weight excluding hydrogens is 454 g/mol. The molecule has 0 saturated carbocycles. The molecule has 0 radical (unpaired) electrons. The second-order valence-corrected chi connectivity index (χ2v) is 9.82. The summed E-state index contributed by atoms with van der Waals surface area (Å²) >= 11 is 0.999. The van der Waals surface area contributed by atoms with E-state index in [4.69, 9.17) is 9.15 Å². The first kappa shape index (κ1) is 22.5. The number of sulfonamides is 1. The second-order valence-electron chi connectivity index (χ2n) is 7.39. The van der Waals surface area contributed by atoms with Crippen molar-refractivity contribution >= 4 is 39.1 Å². The molecular formula is C20H25N5O5S2. The Morgan fingerprint density at radius 1 is 1.25 bits per heavy atom. The van der Waals surface area contributed by atoms with Crippen LogP contribution in [0.15, 0.2) is 39.8 Å². The molecule has 0 aliphatic carbocycles. The maximum absolute atomic E-state index is 13.0. The van der Waals surface area contributed by atoms with Crippen LogP contribution in [0.4, 0.5) is 17.3 Å². The molecule has 12 heteroatoms. The number of benzene rings is 1. The van der Waals surface area contributed by atoms with Gasteiger partial charge in [-0.2, -0.15) is 13.1 Å². The predicted molar refractivity (Wildman–Crippen MR) is 121 cm³/mol. The summed E-state index contributed by atoms with van der Waals surface area (Å²) in [5.74, 6) is 1.28. The smallest absolute Gasteiger partial charge is 0.246 e. The number of anilines is 3. The van der Waals surface area contributed by atoms with E-state index in [0.29, 0.717) is 24.8 Å². The van der Waals surface area contributed by atoms with Gasteiger partial charge in [0.05, 0.1) is 42.9 Å². The zero-order valence-corrected chi connectivity index (χ0v) is 19.4. The lowest BCUT2D eigenvalue weighted by atomic mass is 10.1. The predicted octanol–water partition coefficient (Wildman–Crippen LogP) is 3.47. The Kier molecular flexibility index (Phi) is 6.65. The van der Waals surface area contributed by atoms with Crippen molar-refractivity contribution in [2.75, 3.05) is 36.9 Å². The van der Waals surface area contributed by atoms with Gasteiger partial charge < -0.3 is 24.9 Å². The van der Waals surface area contributed by atoms with Crippen LogP contribution in [-0.4, -0.2) is 52.9 Å². The van der Waals surface area contributed by atoms with Crippen LogP contribution in [0, 0.1) is 6.92 Å². The van der Waals surface area contributed by atoms with Crippen LogP contribution < -0.4 is 10.6 Å². The molecule has 3 heterocycles. The summed E-state index contributed by atoms with van der Waals surface area (Å²) in [6.45, 7) is 5.12. The summed E-state index contributed by atoms with van der Waals surface area (Å²) in [7, 11) is -3.86. The normalized spacial score (nSPS) is 16.1. The minimum Gasteiger partial charge on any atom is -0.504 e. The van der Waals surface area contributed by atoms with Crippen LogP contribution in [0.3, 0.4) is 0 Å². The van der Waals surface area contributed by atoms with E-state index in [1.807, 2.05) is 19.9 Å². The van der Waals surface area contributed by atoms with E-state index >= 15 is 0 Å². The molecule has 1 atom stereocenters. The van der Waals surface area contributed by atoms with Gasteiger partial charge in [-0.05, 0) is 37.1 Å². The highest BCUT2D eigenvalue weighted by Gasteiger charge is 2.30. The molecule has 10 nitrogen and oxygen atoms in total. The van der Waals surface area contributed by atoms with Gasteiger partial charge >= 0.3 is 0 Å². The van der Waals surface area contributed by atoms with Gasteiger partial charge in [-0.3, -0.25) is 0 Å². The Morgan fingerprint density at radius 3 is 2.69 bits per heavy atom. The van der Waals surface area contributed by atoms with Crippen LogP contribution in [0.2, 0.25) is 0 Å². The van der Waals surface area contributed by atoms with Gasteiger partial charge in [0.25, 0.3) is 0 Å². The Labute approximate surface area is 190 Å². The first-order chi connectivity index (χ1) is 15.4. The SMILES string of the molecule is CC[C@@H](Nc1nsnc1Nc1cccc(S(=O)(=O)N2CCOCC2)c1O)c1cc(C)co1. The summed E-state index contributed by atoms with van der Waals surface area (Å²) in [5, 5.41) is 17.1. The van der Waals surface area contributed by atoms with Crippen LogP contribution in [-0.2, 0) is 14.8 Å². The molecule has 0 amide bonds. The fourth-order valence-electron chi connectivity index (χ4n) is 3.43. The minimum absolute atomic E-state index is 0.116. The zero-order chi connectivity index (χ0) is 22.7. The third-order valence-corrected chi connectivity index (χ3v) is 7.60. The van der Waals surface area contributed by atoms with Crippen molar-refractivity contribution in [2.24, 2.45) is 0 Å². The van der Waals surface area contributed by atoms with E-state index in [1.54, 1.807) is 18.4 Å². The molecule has 1 aliphatic heterocycles. The molecule has 1 aromatic carbocycles. The first-order valence-corrected chi connectivity index (χ1v) is 12.4. The average Bonchev–Trinajstić information content (AvgIpc) is 3.42. The zero-order valence-electron chi connectivity index (χ0n) is 17.7. The van der Waals surface area contributed by atoms with Crippen molar-refractivity contribution in [3.05, 3.63) is 41.9 Å². The molecule has 1 saturated heterocycles. The van der Waals surface area contributed by atoms with E-state index in [1.165, 1.54) is 10.4 Å². The van der Waals surface area contributed by atoms with Crippen LogP contribution in [0.1, 0.15) is 30.7 Å². The standard InChI is InChI=1S/C20H25N5O5S2/c1-3-14(16-11-13(2)12-30-16)21-19-20(24-31-23-19)22-15-5-4-6-17(18(15)26)32(27,28)25-7-9-29-10-8-25/h4-6,11-12,14,26H,3,7-10H2,1-2H3,(H,21,23)(H,22,24)/t14-/m1/s1. The van der Waals surface area contributed by atoms with Gasteiger partial charge in [-0.1, -0.05) is 13.0 Å². The van der Waals surface area contributed by atoms with E-state index in [2.05, 4.69) is 19.4 Å². The van der Waals surface area contributed by atoms with Crippen LogP contribution in [0.25, 0.3) is 0 Å². The number of hydrogen-bond donors (Lipinski definition) is 3. The maximum Gasteiger partial charge on any atom is 0.246 e. The fraction of sp³-hybridized carbons (Fsp3) is 0.400. The van der Waals surface area contributed by atoms with Crippen LogP contribution >= 0.6 is 11.7 Å². The van der Waals surface area contributed by atoms with Gasteiger partial charge in [0.2, 0.25) is 10.0 Å². The number of para-hydroxylation sites is 1. The molecule has 4 rings (SSSR count). The lowest BCUT2D eigenvalue weighted by Crippen LogP contribution is -2.40. The third-order valence-electron chi connectivity index (χ3n) is 5.14. The number of nitrogens with zero attached hydrogens (tertiary/aromatic N) is 3. The molecule has 32 heavy (non-hydrogen) atoms. The maximum atomic E-state index is 13.0. The third kappa shape index (κ3) is 4.58. The Morgan fingerprint density at radius 2 is 2.00 bits per heavy atom. The average molecular weight is 480 g/mol. The number of phenolic OH excluding ortho intramolecular Hbond substituents is 1. The lowest BCUT2D eigenvalue weighted by molar-refractivity contribution is 0.0729. The Balaban J connectivity index is 1.57. The summed E-state index contributed by atoms with van der Waals surface area (Å²) in [6, 6.07) is 6.39. The highest BCUT2D eigenvalue weighted by molar-refractivity contribution is 7.89. The van der Waals surface area contributed by atoms with E-state index in [9.17, 15) is 13.5 Å². The number of hydrogen-bond acceptors (Lipinski definition) is 10. The summed E-state index contributed by atoms with van der Waals surface area (Å²) < 4.78 is 46.7. The number of aryl methyl sites for hydroxylation is 1. The quantitative estimate of drug-likeness (QED) is 0.416. The largest absolute Gasteiger partial charge is 0.504 e. The monoisotopic (exact) mass is 479 g/mol. The van der Waals surface area contributed by atoms with Gasteiger partial charge in [0.15, 0.2) is 17.4 Å². The molecule has 0 unspecified atom stereocenters. The highest BCUT2D eigenvalue weighted by atomic mass is 32.2. The van der Waals surface area contributed by atoms with Crippen molar-refractivity contribution in [1.82, 2.24) is 13.1 Å². The number of rotatable bonds is 8. The van der Waals surface area contributed by atoms with Gasteiger partial charge in [-0.25, -0.2) is 8.42 Å². The minimum atomic E-state index is -3.86.